The minimum atomic E-state index is -0.669. The van der Waals surface area contributed by atoms with Crippen LogP contribution >= 0.6 is 54.0 Å². The van der Waals surface area contributed by atoms with Crippen LogP contribution in [0.3, 0.4) is 0 Å². The number of H-pyrrole nitrogens is 2. The number of aliphatic imine (C=N–C) groups is 1. The minimum absolute atomic E-state index is 0. The Morgan fingerprint density at radius 2 is 1.47 bits per heavy atom. The first-order valence-corrected chi connectivity index (χ1v) is 19.4. The van der Waals surface area contributed by atoms with Crippen molar-refractivity contribution >= 4 is 89.3 Å². The van der Waals surface area contributed by atoms with Gasteiger partial charge >= 0.3 is 6.09 Å². The van der Waals surface area contributed by atoms with Gasteiger partial charge in [0.15, 0.2) is 0 Å². The van der Waals surface area contributed by atoms with Crippen LogP contribution in [-0.2, 0) is 36.9 Å². The monoisotopic (exact) mass is 890 g/mol. The molecule has 0 spiro atoms. The molecule has 4 heterocycles. The third-order valence-corrected chi connectivity index (χ3v) is 10.7. The zero-order chi connectivity index (χ0) is 39.1. The summed E-state index contributed by atoms with van der Waals surface area (Å²) in [4.78, 5) is 73.0. The number of methoxy groups -OCH3 is 1. The molecule has 2 aliphatic heterocycles. The predicted molar refractivity (Wildman–Crippen MR) is 250 cm³/mol. The molecule has 4 atom stereocenters. The minimum Gasteiger partial charge on any atom is -0.453 e. The Labute approximate surface area is 375 Å². The van der Waals surface area contributed by atoms with Crippen LogP contribution in [0.2, 0.25) is 0 Å². The van der Waals surface area contributed by atoms with Gasteiger partial charge in [-0.1, -0.05) is 58.0 Å². The van der Waals surface area contributed by atoms with E-state index in [1.807, 2.05) is 49.8 Å². The molecule has 14 nitrogen and oxygen atoms in total. The largest absolute Gasteiger partial charge is 0.453 e. The molecular formula is C41H62N8O6S4. The molecule has 326 valence electrons. The lowest BCUT2D eigenvalue weighted by atomic mass is 10.0. The second-order valence-corrected chi connectivity index (χ2v) is 15.1. The van der Waals surface area contributed by atoms with E-state index in [0.717, 1.165) is 78.9 Å². The van der Waals surface area contributed by atoms with Crippen LogP contribution in [0, 0.1) is 11.8 Å². The highest BCUT2D eigenvalue weighted by atomic mass is 32.1. The molecule has 18 heteroatoms. The summed E-state index contributed by atoms with van der Waals surface area (Å²) < 4.78 is 4.76. The van der Waals surface area contributed by atoms with E-state index in [0.29, 0.717) is 13.1 Å². The normalized spacial score (nSPS) is 17.2. The van der Waals surface area contributed by atoms with Crippen LogP contribution in [0.25, 0.3) is 22.3 Å². The molecular weight excluding hydrogens is 829 g/mol. The Morgan fingerprint density at radius 3 is 2.10 bits per heavy atom. The van der Waals surface area contributed by atoms with Crippen LogP contribution in [0.5, 0.6) is 0 Å². The Balaban J connectivity index is 0.00000300. The van der Waals surface area contributed by atoms with E-state index >= 15 is 0 Å². The molecule has 59 heavy (non-hydrogen) atoms. The van der Waals surface area contributed by atoms with Gasteiger partial charge in [0.2, 0.25) is 18.2 Å². The second kappa shape index (κ2) is 23.8. The number of carbonyl (C=O) groups excluding carboxylic acids is 3. The zero-order valence-electron chi connectivity index (χ0n) is 34.7. The standard InChI is InChI=1S/C41H54N8O6.4H2S/c1-25(2)35(43-24-55-54-6)39(50)48-20-8-12-33(48)37-42-23-32(46-37)29-17-14-27(15-18-29)10-7-11-28-16-19-30-31(22-28)45-38(44-30)34-13-9-21-49(34)40(51)36(26(3)4)47-41(52)53-5;;;;/h14-19,22-26,33-36H,7-13,20-21H2,1-6H3,(H,42,46)(H,44,45)(H,47,52);4*1H2/t33?,34-,35-,36?;;;;/m0..../s1. The number of fused-ring (bicyclic) bond motifs is 1. The number of rotatable bonds is 15. The number of aromatic nitrogens is 4. The summed E-state index contributed by atoms with van der Waals surface area (Å²) in [5.41, 5.74) is 6.27. The van der Waals surface area contributed by atoms with E-state index in [4.69, 9.17) is 19.6 Å². The van der Waals surface area contributed by atoms with Gasteiger partial charge in [0.25, 0.3) is 0 Å². The number of aryl methyl sites for hydroxylation is 2. The Bertz CT molecular complexity index is 1970. The highest BCUT2D eigenvalue weighted by molar-refractivity contribution is 7.59. The number of alkyl carbamates (subject to hydrolysis) is 1. The average molecular weight is 891 g/mol. The number of benzene rings is 2. The summed E-state index contributed by atoms with van der Waals surface area (Å²) in [5, 5.41) is 2.71. The molecule has 2 fully saturated rings. The first-order chi connectivity index (χ1) is 26.6. The topological polar surface area (TPSA) is 167 Å². The van der Waals surface area contributed by atoms with Gasteiger partial charge in [0.1, 0.15) is 23.7 Å². The predicted octanol–water partition coefficient (Wildman–Crippen LogP) is 6.92. The van der Waals surface area contributed by atoms with Crippen LogP contribution in [0.15, 0.2) is 53.7 Å². The smallest absolute Gasteiger partial charge is 0.407 e. The van der Waals surface area contributed by atoms with Crippen LogP contribution in [-0.4, -0.2) is 93.4 Å². The van der Waals surface area contributed by atoms with Gasteiger partial charge in [-0.25, -0.2) is 19.8 Å². The molecule has 6 rings (SSSR count). The van der Waals surface area contributed by atoms with E-state index in [1.54, 1.807) is 0 Å². The average Bonchev–Trinajstić information content (AvgIpc) is 4.01. The number of likely N-dealkylation sites (tertiary alicyclic amines) is 2. The fraction of sp³-hybridized carbons (Fsp3) is 0.512. The number of hydrogen-bond donors (Lipinski definition) is 3. The first-order valence-electron chi connectivity index (χ1n) is 19.4. The van der Waals surface area contributed by atoms with E-state index in [1.165, 1.54) is 31.7 Å². The van der Waals surface area contributed by atoms with Crippen molar-refractivity contribution in [2.75, 3.05) is 27.3 Å². The fourth-order valence-corrected chi connectivity index (χ4v) is 7.72. The summed E-state index contributed by atoms with van der Waals surface area (Å²) in [7, 11) is 2.70. The van der Waals surface area contributed by atoms with Gasteiger partial charge in [-0.15, -0.1) is 0 Å². The van der Waals surface area contributed by atoms with Gasteiger partial charge in [-0.2, -0.15) is 58.9 Å². The third-order valence-electron chi connectivity index (χ3n) is 10.7. The van der Waals surface area contributed by atoms with E-state index in [2.05, 4.69) is 61.6 Å². The van der Waals surface area contributed by atoms with Crippen LogP contribution < -0.4 is 5.32 Å². The van der Waals surface area contributed by atoms with Crippen LogP contribution in [0.4, 0.5) is 4.79 Å². The van der Waals surface area contributed by atoms with Gasteiger partial charge < -0.3 is 34.7 Å². The highest BCUT2D eigenvalue weighted by Crippen LogP contribution is 2.34. The molecule has 0 bridgehead atoms. The molecule has 2 aromatic carbocycles. The lowest BCUT2D eigenvalue weighted by Gasteiger charge is -2.29. The SMILES string of the molecule is COOC=N[C@H](C(=O)N1CCCC1c1ncc(-c2ccc(CCCc3ccc4nc([C@@H]5CCCN5C(=O)C(NC(=O)OC)C(C)C)[nH]c4c3)cc2)[nH]1)C(C)C.S.S.S.S. The highest BCUT2D eigenvalue weighted by Gasteiger charge is 2.38. The molecule has 3 amide bonds. The van der Waals surface area contributed by atoms with Crippen molar-refractivity contribution in [1.82, 2.24) is 35.1 Å². The number of aromatic amines is 2. The van der Waals surface area contributed by atoms with Crippen molar-refractivity contribution in [3.63, 3.8) is 0 Å². The third kappa shape index (κ3) is 12.4. The Kier molecular flexibility index (Phi) is 20.7. The summed E-state index contributed by atoms with van der Waals surface area (Å²) in [5.74, 6) is 1.31. The number of nitrogens with zero attached hydrogens (tertiary/aromatic N) is 5. The maximum atomic E-state index is 13.6. The van der Waals surface area contributed by atoms with Gasteiger partial charge in [-0.05, 0) is 85.6 Å². The summed E-state index contributed by atoms with van der Waals surface area (Å²) in [6.45, 7) is 9.04. The van der Waals surface area contributed by atoms with Crippen molar-refractivity contribution < 1.29 is 28.9 Å². The number of ether oxygens (including phenoxy) is 1. The second-order valence-electron chi connectivity index (χ2n) is 15.1. The maximum Gasteiger partial charge on any atom is 0.407 e. The fourth-order valence-electron chi connectivity index (χ4n) is 7.72. The lowest BCUT2D eigenvalue weighted by Crippen LogP contribution is -2.51. The van der Waals surface area contributed by atoms with E-state index in [-0.39, 0.29) is 89.7 Å². The Hall–Kier alpha value is -3.84. The number of hydrogen-bond acceptors (Lipinski definition) is 9. The van der Waals surface area contributed by atoms with E-state index < -0.39 is 18.2 Å². The van der Waals surface area contributed by atoms with Gasteiger partial charge in [0, 0.05) is 13.1 Å². The number of nitrogens with one attached hydrogen (secondary N) is 3. The number of imidazole rings is 2. The van der Waals surface area contributed by atoms with Crippen molar-refractivity contribution in [3.05, 3.63) is 71.4 Å². The summed E-state index contributed by atoms with van der Waals surface area (Å²) >= 11 is 0. The molecule has 2 unspecified atom stereocenters. The molecule has 3 N–H and O–H groups in total. The van der Waals surface area contributed by atoms with Crippen LogP contribution in [0.1, 0.15) is 94.7 Å². The molecule has 2 aromatic heterocycles. The molecule has 0 radical (unpaired) electrons. The summed E-state index contributed by atoms with van der Waals surface area (Å²) in [6.07, 6.45) is 8.68. The van der Waals surface area contributed by atoms with Crippen molar-refractivity contribution in [2.45, 2.75) is 96.8 Å². The van der Waals surface area contributed by atoms with E-state index in [9.17, 15) is 14.4 Å². The molecule has 0 saturated carbocycles. The first kappa shape index (κ1) is 51.3. The molecule has 0 aliphatic carbocycles. The number of amides is 3. The zero-order valence-corrected chi connectivity index (χ0v) is 38.7. The van der Waals surface area contributed by atoms with Crippen molar-refractivity contribution in [2.24, 2.45) is 16.8 Å². The van der Waals surface area contributed by atoms with Crippen molar-refractivity contribution in [3.8, 4) is 11.3 Å². The molecule has 4 aromatic rings. The summed E-state index contributed by atoms with van der Waals surface area (Å²) in [6, 6.07) is 13.4. The van der Waals surface area contributed by atoms with Crippen molar-refractivity contribution in [1.29, 1.82) is 0 Å². The van der Waals surface area contributed by atoms with Gasteiger partial charge in [-0.3, -0.25) is 9.59 Å². The molecule has 2 saturated heterocycles. The Morgan fingerprint density at radius 1 is 0.847 bits per heavy atom. The molecule has 2 aliphatic rings. The maximum absolute atomic E-state index is 13.6. The lowest BCUT2D eigenvalue weighted by molar-refractivity contribution is -0.188. The van der Waals surface area contributed by atoms with Gasteiger partial charge in [0.05, 0.1) is 49.2 Å². The quantitative estimate of drug-likeness (QED) is 0.0501. The number of carbonyl (C=O) groups is 3.